The molecule has 0 bridgehead atoms. The van der Waals surface area contributed by atoms with Crippen molar-refractivity contribution in [3.05, 3.63) is 216 Å². The summed E-state index contributed by atoms with van der Waals surface area (Å²) >= 11 is 0. The van der Waals surface area contributed by atoms with Crippen LogP contribution >= 0.6 is 7.14 Å². The lowest BCUT2D eigenvalue weighted by molar-refractivity contribution is 0.435. The highest BCUT2D eigenvalue weighted by molar-refractivity contribution is 7.85. The number of furan rings is 2. The first kappa shape index (κ1) is 33.3. The number of rotatable bonds is 2. The molecule has 2 aliphatic rings. The van der Waals surface area contributed by atoms with Crippen LogP contribution in [0.5, 0.6) is 11.5 Å². The van der Waals surface area contributed by atoms with Crippen LogP contribution in [0.3, 0.4) is 0 Å². The van der Waals surface area contributed by atoms with Crippen molar-refractivity contribution in [2.45, 2.75) is 5.41 Å². The fourth-order valence-corrected chi connectivity index (χ4v) is 14.0. The molecule has 0 radical (unpaired) electrons. The van der Waals surface area contributed by atoms with Gasteiger partial charge in [-0.15, -0.1) is 0 Å². The van der Waals surface area contributed by atoms with E-state index >= 15 is 4.57 Å². The summed E-state index contributed by atoms with van der Waals surface area (Å²) in [4.78, 5) is 0. The summed E-state index contributed by atoms with van der Waals surface area (Å²) in [6.45, 7) is 0. The number of nitrogens with zero attached hydrogens (tertiary/aromatic N) is 1. The first-order valence-corrected chi connectivity index (χ1v) is 22.3. The predicted molar refractivity (Wildman–Crippen MR) is 247 cm³/mol. The number of fused-ring (bicyclic) bond motifs is 18. The molecule has 0 saturated carbocycles. The summed E-state index contributed by atoms with van der Waals surface area (Å²) in [7, 11) is -3.47. The Labute approximate surface area is 349 Å². The number of benzene rings is 9. The lowest BCUT2D eigenvalue weighted by Gasteiger charge is -2.47. The predicted octanol–water partition coefficient (Wildman–Crippen LogP) is 13.0. The van der Waals surface area contributed by atoms with Gasteiger partial charge in [0.2, 0.25) is 0 Å². The molecule has 6 heteroatoms. The van der Waals surface area contributed by atoms with Gasteiger partial charge in [0, 0.05) is 65.7 Å². The van der Waals surface area contributed by atoms with E-state index in [9.17, 15) is 0 Å². The summed E-state index contributed by atoms with van der Waals surface area (Å²) in [5, 5.41) is 8.83. The van der Waals surface area contributed by atoms with Crippen molar-refractivity contribution in [3.8, 4) is 17.2 Å². The largest absolute Gasteiger partial charge is 0.457 e. The van der Waals surface area contributed by atoms with Crippen LogP contribution in [0.4, 0.5) is 0 Å². The van der Waals surface area contributed by atoms with E-state index in [1.54, 1.807) is 0 Å². The zero-order valence-corrected chi connectivity index (χ0v) is 33.4. The molecule has 9 aromatic carbocycles. The van der Waals surface area contributed by atoms with Crippen molar-refractivity contribution in [2.75, 3.05) is 0 Å². The van der Waals surface area contributed by atoms with Gasteiger partial charge in [0.05, 0.1) is 21.8 Å². The molecule has 0 fully saturated rings. The van der Waals surface area contributed by atoms with E-state index in [2.05, 4.69) is 126 Å². The van der Waals surface area contributed by atoms with Crippen LogP contribution in [0, 0.1) is 0 Å². The Hall–Kier alpha value is -7.59. The fourth-order valence-electron chi connectivity index (χ4n) is 10.9. The summed E-state index contributed by atoms with van der Waals surface area (Å²) in [6, 6.07) is 67.0. The van der Waals surface area contributed by atoms with E-state index in [0.29, 0.717) is 5.58 Å². The second-order valence-corrected chi connectivity index (χ2v) is 18.9. The standard InChI is InChI=1S/C55H32NO4P/c57-61(34-14-2-1-3-15-34)51-25-13-8-20-42(51)55(43-31-39-36-17-5-10-22-45(36)59-49(39)32-52(43)61)40-19-7-12-24-47(40)60-50-30-33(26-28-41(50)55)56-44-21-9-4-16-35(44)37-27-29-48-53(54(37)56)38-18-6-11-23-46(38)58-48/h1-32H. The first-order chi connectivity index (χ1) is 30.1. The van der Waals surface area contributed by atoms with Gasteiger partial charge in [-0.2, -0.15) is 0 Å². The molecule has 3 aromatic heterocycles. The lowest BCUT2D eigenvalue weighted by atomic mass is 9.63. The first-order valence-electron chi connectivity index (χ1n) is 20.6. The Kier molecular flexibility index (Phi) is 6.43. The molecule has 5 heterocycles. The highest BCUT2D eigenvalue weighted by Gasteiger charge is 2.55. The summed E-state index contributed by atoms with van der Waals surface area (Å²) < 4.78 is 39.0. The van der Waals surface area contributed by atoms with Crippen molar-refractivity contribution >= 4 is 88.7 Å². The molecule has 286 valence electrons. The van der Waals surface area contributed by atoms with Crippen molar-refractivity contribution in [2.24, 2.45) is 0 Å². The minimum Gasteiger partial charge on any atom is -0.457 e. The maximum atomic E-state index is 16.5. The maximum absolute atomic E-state index is 16.5. The number of hydrogen-bond acceptors (Lipinski definition) is 4. The van der Waals surface area contributed by atoms with E-state index in [4.69, 9.17) is 13.6 Å². The van der Waals surface area contributed by atoms with Crippen LogP contribution in [0.2, 0.25) is 0 Å². The Balaban J connectivity index is 1.13. The van der Waals surface area contributed by atoms with Crippen LogP contribution in [0.25, 0.3) is 71.4 Å². The van der Waals surface area contributed by atoms with Crippen LogP contribution in [-0.2, 0) is 9.98 Å². The van der Waals surface area contributed by atoms with Crippen molar-refractivity contribution < 1.29 is 18.1 Å². The zero-order chi connectivity index (χ0) is 40.0. The third kappa shape index (κ3) is 4.14. The van der Waals surface area contributed by atoms with Crippen molar-refractivity contribution in [1.29, 1.82) is 0 Å². The molecule has 0 N–H and O–H groups in total. The Morgan fingerprint density at radius 2 is 1.10 bits per heavy atom. The molecule has 0 amide bonds. The summed E-state index contributed by atoms with van der Waals surface area (Å²) in [6.07, 6.45) is 0. The minimum absolute atomic E-state index is 0.714. The van der Waals surface area contributed by atoms with Gasteiger partial charge in [-0.05, 0) is 65.7 Å². The molecule has 1 spiro atoms. The topological polar surface area (TPSA) is 57.5 Å². The Bertz CT molecular complexity index is 3910. The monoisotopic (exact) mass is 801 g/mol. The molecule has 14 rings (SSSR count). The number of para-hydroxylation sites is 4. The molecule has 12 aromatic rings. The lowest BCUT2D eigenvalue weighted by Crippen LogP contribution is -2.48. The fraction of sp³-hybridized carbons (Fsp3) is 0.0182. The average Bonchev–Trinajstić information content (AvgIpc) is 3.99. The van der Waals surface area contributed by atoms with Gasteiger partial charge in [0.25, 0.3) is 0 Å². The van der Waals surface area contributed by atoms with Gasteiger partial charge in [-0.25, -0.2) is 0 Å². The normalized spacial score (nSPS) is 17.8. The molecule has 2 unspecified atom stereocenters. The van der Waals surface area contributed by atoms with Crippen molar-refractivity contribution in [3.63, 3.8) is 0 Å². The molecule has 5 nitrogen and oxygen atoms in total. The van der Waals surface area contributed by atoms with Gasteiger partial charge in [-0.3, -0.25) is 0 Å². The van der Waals surface area contributed by atoms with Crippen LogP contribution < -0.4 is 20.7 Å². The quantitative estimate of drug-likeness (QED) is 0.163. The highest BCUT2D eigenvalue weighted by atomic mass is 31.2. The number of hydrogen-bond donors (Lipinski definition) is 0. The Morgan fingerprint density at radius 1 is 0.426 bits per heavy atom. The average molecular weight is 802 g/mol. The maximum Gasteiger partial charge on any atom is 0.171 e. The molecular formula is C55H32NO4P. The molecular weight excluding hydrogens is 770 g/mol. The van der Waals surface area contributed by atoms with E-state index in [1.807, 2.05) is 72.8 Å². The Morgan fingerprint density at radius 3 is 1.97 bits per heavy atom. The van der Waals surface area contributed by atoms with Crippen LogP contribution in [0.15, 0.2) is 203 Å². The second kappa shape index (κ2) is 11.8. The summed E-state index contributed by atoms with van der Waals surface area (Å²) in [5.41, 5.74) is 9.37. The highest BCUT2D eigenvalue weighted by Crippen LogP contribution is 2.62. The van der Waals surface area contributed by atoms with Gasteiger partial charge >= 0.3 is 0 Å². The van der Waals surface area contributed by atoms with Crippen LogP contribution in [0.1, 0.15) is 22.3 Å². The molecule has 0 aliphatic carbocycles. The molecule has 0 saturated heterocycles. The minimum atomic E-state index is -3.47. The van der Waals surface area contributed by atoms with E-state index < -0.39 is 12.6 Å². The zero-order valence-electron chi connectivity index (χ0n) is 32.5. The van der Waals surface area contributed by atoms with E-state index in [1.165, 1.54) is 0 Å². The van der Waals surface area contributed by atoms with Crippen LogP contribution in [-0.4, -0.2) is 4.57 Å². The number of ether oxygens (including phenoxy) is 1. The number of aromatic nitrogens is 1. The molecule has 2 atom stereocenters. The van der Waals surface area contributed by atoms with Crippen molar-refractivity contribution in [1.82, 2.24) is 4.57 Å². The molecule has 61 heavy (non-hydrogen) atoms. The van der Waals surface area contributed by atoms with Gasteiger partial charge in [-0.1, -0.05) is 133 Å². The smallest absolute Gasteiger partial charge is 0.171 e. The molecule has 2 aliphatic heterocycles. The van der Waals surface area contributed by atoms with Gasteiger partial charge in [0.15, 0.2) is 7.14 Å². The summed E-state index contributed by atoms with van der Waals surface area (Å²) in [5.74, 6) is 1.49. The SMILES string of the molecule is O=P1(c2ccccc2)c2ccccc2C2(c3ccccc3Oc3cc(-n4c5ccccc5c5ccc6oc7ccccc7c6c54)ccc32)c2cc3c(cc21)oc1ccccc13. The second-order valence-electron chi connectivity index (χ2n) is 16.2. The van der Waals surface area contributed by atoms with Gasteiger partial charge in [0.1, 0.15) is 33.8 Å². The van der Waals surface area contributed by atoms with Gasteiger partial charge < -0.3 is 22.7 Å². The van der Waals surface area contributed by atoms with E-state index in [-0.39, 0.29) is 0 Å². The third-order valence-corrected chi connectivity index (χ3v) is 16.5. The van der Waals surface area contributed by atoms with E-state index in [0.717, 1.165) is 115 Å². The third-order valence-electron chi connectivity index (χ3n) is 13.3.